The van der Waals surface area contributed by atoms with Gasteiger partial charge in [-0.05, 0) is 50.1 Å². The summed E-state index contributed by atoms with van der Waals surface area (Å²) in [4.78, 5) is 0.294. The fourth-order valence-corrected chi connectivity index (χ4v) is 4.61. The minimum atomic E-state index is -3.50. The van der Waals surface area contributed by atoms with Crippen LogP contribution < -0.4 is 10.0 Å². The lowest BCUT2D eigenvalue weighted by Gasteiger charge is -2.16. The van der Waals surface area contributed by atoms with E-state index < -0.39 is 10.0 Å². The highest BCUT2D eigenvalue weighted by Crippen LogP contribution is 2.26. The van der Waals surface area contributed by atoms with Crippen molar-refractivity contribution in [3.63, 3.8) is 0 Å². The first-order chi connectivity index (χ1) is 9.44. The fourth-order valence-electron chi connectivity index (χ4n) is 2.69. The van der Waals surface area contributed by atoms with Crippen molar-refractivity contribution in [2.24, 2.45) is 0 Å². The summed E-state index contributed by atoms with van der Waals surface area (Å²) in [6.07, 6.45) is 4.02. The first kappa shape index (κ1) is 15.8. The molecule has 2 N–H and O–H groups in total. The molecule has 1 aromatic carbocycles. The Morgan fingerprint density at radius 3 is 2.55 bits per heavy atom. The van der Waals surface area contributed by atoms with Crippen molar-refractivity contribution in [1.82, 2.24) is 10.0 Å². The van der Waals surface area contributed by atoms with Gasteiger partial charge >= 0.3 is 0 Å². The molecule has 0 bridgehead atoms. The molecule has 0 spiro atoms. The molecule has 0 unspecified atom stereocenters. The van der Waals surface area contributed by atoms with Crippen LogP contribution in [0.1, 0.15) is 36.8 Å². The second-order valence-corrected chi connectivity index (χ2v) is 7.44. The van der Waals surface area contributed by atoms with Crippen LogP contribution in [0.5, 0.6) is 0 Å². The van der Waals surface area contributed by atoms with E-state index in [0.29, 0.717) is 16.5 Å². The molecule has 4 nitrogen and oxygen atoms in total. The van der Waals surface area contributed by atoms with Crippen LogP contribution in [0, 0.1) is 6.92 Å². The molecule has 20 heavy (non-hydrogen) atoms. The lowest BCUT2D eigenvalue weighted by Crippen LogP contribution is -2.33. The van der Waals surface area contributed by atoms with Crippen molar-refractivity contribution < 1.29 is 8.42 Å². The quantitative estimate of drug-likeness (QED) is 0.878. The van der Waals surface area contributed by atoms with E-state index in [9.17, 15) is 8.42 Å². The van der Waals surface area contributed by atoms with Crippen LogP contribution in [0.4, 0.5) is 0 Å². The molecule has 0 aliphatic heterocycles. The van der Waals surface area contributed by atoms with Gasteiger partial charge in [0.1, 0.15) is 0 Å². The van der Waals surface area contributed by atoms with E-state index >= 15 is 0 Å². The summed E-state index contributed by atoms with van der Waals surface area (Å²) in [7, 11) is -1.68. The van der Waals surface area contributed by atoms with Crippen molar-refractivity contribution in [3.05, 3.63) is 28.3 Å². The average Bonchev–Trinajstić information content (AvgIpc) is 2.85. The monoisotopic (exact) mass is 316 g/mol. The van der Waals surface area contributed by atoms with E-state index in [1.54, 1.807) is 0 Å². The highest BCUT2D eigenvalue weighted by Gasteiger charge is 2.25. The van der Waals surface area contributed by atoms with Crippen LogP contribution in [0.2, 0.25) is 5.02 Å². The largest absolute Gasteiger partial charge is 0.316 e. The van der Waals surface area contributed by atoms with Gasteiger partial charge in [0.05, 0.1) is 4.90 Å². The van der Waals surface area contributed by atoms with Crippen molar-refractivity contribution in [1.29, 1.82) is 0 Å². The molecule has 1 aliphatic rings. The Balaban J connectivity index is 2.34. The van der Waals surface area contributed by atoms with Crippen LogP contribution in [0.25, 0.3) is 0 Å². The fraction of sp³-hybridized carbons (Fsp3) is 0.571. The molecule has 6 heteroatoms. The van der Waals surface area contributed by atoms with Crippen LogP contribution in [0.15, 0.2) is 17.0 Å². The predicted molar refractivity (Wildman–Crippen MR) is 81.5 cm³/mol. The van der Waals surface area contributed by atoms with Gasteiger partial charge in [-0.25, -0.2) is 13.1 Å². The molecule has 2 rings (SSSR count). The van der Waals surface area contributed by atoms with E-state index in [1.807, 2.05) is 20.0 Å². The number of halogens is 1. The SMILES string of the molecule is CNCc1cc(Cl)cc(S(=O)(=O)NC2CCCC2)c1C. The van der Waals surface area contributed by atoms with E-state index in [2.05, 4.69) is 10.0 Å². The predicted octanol–water partition coefficient (Wildman–Crippen LogP) is 2.59. The Kier molecular flexibility index (Phi) is 5.07. The Bertz CT molecular complexity index is 581. The molecule has 1 aliphatic carbocycles. The molecule has 112 valence electrons. The third-order valence-electron chi connectivity index (χ3n) is 3.77. The highest BCUT2D eigenvalue weighted by atomic mass is 35.5. The molecular weight excluding hydrogens is 296 g/mol. The summed E-state index contributed by atoms with van der Waals surface area (Å²) in [5.41, 5.74) is 1.67. The Hall–Kier alpha value is -0.620. The molecule has 0 amide bonds. The van der Waals surface area contributed by atoms with Crippen LogP contribution in [0.3, 0.4) is 0 Å². The summed E-state index contributed by atoms with van der Waals surface area (Å²) in [6.45, 7) is 2.42. The van der Waals surface area contributed by atoms with Crippen molar-refractivity contribution in [2.45, 2.75) is 50.1 Å². The molecule has 0 heterocycles. The van der Waals surface area contributed by atoms with Crippen molar-refractivity contribution in [2.75, 3.05) is 7.05 Å². The van der Waals surface area contributed by atoms with E-state index in [0.717, 1.165) is 36.8 Å². The Morgan fingerprint density at radius 2 is 1.95 bits per heavy atom. The Morgan fingerprint density at radius 1 is 1.30 bits per heavy atom. The number of rotatable bonds is 5. The Labute approximate surface area is 126 Å². The van der Waals surface area contributed by atoms with Gasteiger partial charge in [0, 0.05) is 17.6 Å². The normalized spacial score (nSPS) is 16.8. The van der Waals surface area contributed by atoms with Gasteiger partial charge in [-0.2, -0.15) is 0 Å². The number of hydrogen-bond donors (Lipinski definition) is 2. The lowest BCUT2D eigenvalue weighted by atomic mass is 10.1. The first-order valence-corrected chi connectivity index (χ1v) is 8.76. The smallest absolute Gasteiger partial charge is 0.241 e. The van der Waals surface area contributed by atoms with Gasteiger partial charge in [0.15, 0.2) is 0 Å². The maximum absolute atomic E-state index is 12.5. The zero-order valence-corrected chi connectivity index (χ0v) is 13.4. The van der Waals surface area contributed by atoms with Crippen LogP contribution >= 0.6 is 11.6 Å². The summed E-state index contributed by atoms with van der Waals surface area (Å²) < 4.78 is 27.9. The molecule has 1 saturated carbocycles. The molecule has 0 aromatic heterocycles. The van der Waals surface area contributed by atoms with Crippen LogP contribution in [-0.2, 0) is 16.6 Å². The van der Waals surface area contributed by atoms with Gasteiger partial charge in [0.25, 0.3) is 0 Å². The van der Waals surface area contributed by atoms with Gasteiger partial charge in [-0.15, -0.1) is 0 Å². The molecule has 0 atom stereocenters. The number of benzene rings is 1. The maximum Gasteiger partial charge on any atom is 0.241 e. The summed E-state index contributed by atoms with van der Waals surface area (Å²) in [6, 6.07) is 3.40. The van der Waals surface area contributed by atoms with Crippen molar-refractivity contribution >= 4 is 21.6 Å². The van der Waals surface area contributed by atoms with E-state index in [-0.39, 0.29) is 6.04 Å². The number of hydrogen-bond acceptors (Lipinski definition) is 3. The zero-order chi connectivity index (χ0) is 14.8. The molecule has 1 aromatic rings. The lowest BCUT2D eigenvalue weighted by molar-refractivity contribution is 0.551. The highest BCUT2D eigenvalue weighted by molar-refractivity contribution is 7.89. The van der Waals surface area contributed by atoms with Crippen LogP contribution in [-0.4, -0.2) is 21.5 Å². The van der Waals surface area contributed by atoms with E-state index in [4.69, 9.17) is 11.6 Å². The summed E-state index contributed by atoms with van der Waals surface area (Å²) in [5, 5.41) is 3.48. The molecule has 0 radical (unpaired) electrons. The second kappa shape index (κ2) is 6.43. The molecule has 0 saturated heterocycles. The van der Waals surface area contributed by atoms with Crippen molar-refractivity contribution in [3.8, 4) is 0 Å². The minimum Gasteiger partial charge on any atom is -0.316 e. The molecular formula is C14H21ClN2O2S. The summed E-state index contributed by atoms with van der Waals surface area (Å²) >= 11 is 6.06. The summed E-state index contributed by atoms with van der Waals surface area (Å²) in [5.74, 6) is 0. The van der Waals surface area contributed by atoms with Gasteiger partial charge in [0.2, 0.25) is 10.0 Å². The average molecular weight is 317 g/mol. The number of sulfonamides is 1. The van der Waals surface area contributed by atoms with Gasteiger partial charge in [-0.1, -0.05) is 24.4 Å². The topological polar surface area (TPSA) is 58.2 Å². The number of nitrogens with one attached hydrogen (secondary N) is 2. The van der Waals surface area contributed by atoms with Gasteiger partial charge in [-0.3, -0.25) is 0 Å². The molecule has 1 fully saturated rings. The zero-order valence-electron chi connectivity index (χ0n) is 11.9. The minimum absolute atomic E-state index is 0.0612. The third kappa shape index (κ3) is 3.52. The van der Waals surface area contributed by atoms with Gasteiger partial charge < -0.3 is 5.32 Å². The third-order valence-corrected chi connectivity index (χ3v) is 5.63. The second-order valence-electron chi connectivity index (χ2n) is 5.32. The standard InChI is InChI=1S/C14H21ClN2O2S/c1-10-11(9-16-2)7-12(15)8-14(10)20(18,19)17-13-5-3-4-6-13/h7-8,13,16-17H,3-6,9H2,1-2H3. The maximum atomic E-state index is 12.5. The van der Waals surface area contributed by atoms with E-state index in [1.165, 1.54) is 6.07 Å². The first-order valence-electron chi connectivity index (χ1n) is 6.90.